The smallest absolute Gasteiger partial charge is 0.413 e. The van der Waals surface area contributed by atoms with E-state index in [1.54, 1.807) is 18.2 Å². The van der Waals surface area contributed by atoms with Crippen molar-refractivity contribution in [1.29, 1.82) is 0 Å². The first kappa shape index (κ1) is 15.5. The Labute approximate surface area is 115 Å². The molecule has 0 radical (unpaired) electrons. The molecule has 1 atom stereocenters. The molecule has 1 aromatic carbocycles. The summed E-state index contributed by atoms with van der Waals surface area (Å²) in [5.41, 5.74) is -1.70. The minimum atomic E-state index is -1.70. The number of rotatable bonds is 6. The van der Waals surface area contributed by atoms with Crippen molar-refractivity contribution in [2.75, 3.05) is 0 Å². The maximum atomic E-state index is 11.6. The van der Waals surface area contributed by atoms with Gasteiger partial charge in [-0.3, -0.25) is 4.79 Å². The highest BCUT2D eigenvalue weighted by molar-refractivity contribution is 5.85. The zero-order valence-corrected chi connectivity index (χ0v) is 10.8. The van der Waals surface area contributed by atoms with E-state index in [2.05, 4.69) is 5.32 Å². The van der Waals surface area contributed by atoms with Crippen LogP contribution in [0.25, 0.3) is 0 Å². The maximum absolute atomic E-state index is 11.6. The van der Waals surface area contributed by atoms with Crippen LogP contribution in [0.5, 0.6) is 5.75 Å². The van der Waals surface area contributed by atoms with E-state index in [0.717, 1.165) is 0 Å². The molecule has 20 heavy (non-hydrogen) atoms. The largest absolute Gasteiger partial charge is 0.481 e. The van der Waals surface area contributed by atoms with Crippen molar-refractivity contribution in [3.8, 4) is 5.75 Å². The lowest BCUT2D eigenvalue weighted by Crippen LogP contribution is -2.53. The lowest BCUT2D eigenvalue weighted by molar-refractivity contribution is -0.145. The van der Waals surface area contributed by atoms with Crippen molar-refractivity contribution < 1.29 is 29.3 Å². The molecule has 0 fully saturated rings. The molecule has 0 unspecified atom stereocenters. The fourth-order valence-electron chi connectivity index (χ4n) is 1.43. The van der Waals surface area contributed by atoms with Crippen LogP contribution >= 0.6 is 0 Å². The molecule has 1 aromatic rings. The third kappa shape index (κ3) is 4.60. The molecule has 0 heterocycles. The predicted octanol–water partition coefficient (Wildman–Crippen LogP) is 1.48. The van der Waals surface area contributed by atoms with Gasteiger partial charge >= 0.3 is 18.0 Å². The molecule has 0 aromatic heterocycles. The van der Waals surface area contributed by atoms with Crippen molar-refractivity contribution >= 4 is 18.0 Å². The third-order valence-corrected chi connectivity index (χ3v) is 2.64. The van der Waals surface area contributed by atoms with Gasteiger partial charge in [0.05, 0.1) is 0 Å². The van der Waals surface area contributed by atoms with Gasteiger partial charge in [-0.2, -0.15) is 0 Å². The van der Waals surface area contributed by atoms with Gasteiger partial charge in [0.15, 0.2) is 0 Å². The Bertz CT molecular complexity index is 501. The van der Waals surface area contributed by atoms with E-state index in [-0.39, 0.29) is 18.6 Å². The number of para-hydroxylation sites is 1. The summed E-state index contributed by atoms with van der Waals surface area (Å²) in [6, 6.07) is 8.12. The van der Waals surface area contributed by atoms with Crippen LogP contribution < -0.4 is 10.1 Å². The topological polar surface area (TPSA) is 113 Å². The molecule has 0 aliphatic carbocycles. The summed E-state index contributed by atoms with van der Waals surface area (Å²) in [5.74, 6) is -2.21. The first-order chi connectivity index (χ1) is 9.33. The van der Waals surface area contributed by atoms with E-state index in [0.29, 0.717) is 0 Å². The molecule has 1 amide bonds. The molecule has 0 spiro atoms. The Morgan fingerprint density at radius 3 is 2.30 bits per heavy atom. The number of benzene rings is 1. The van der Waals surface area contributed by atoms with E-state index in [1.165, 1.54) is 19.1 Å². The van der Waals surface area contributed by atoms with Gasteiger partial charge in [-0.15, -0.1) is 0 Å². The summed E-state index contributed by atoms with van der Waals surface area (Å²) < 4.78 is 4.91. The quantitative estimate of drug-likeness (QED) is 0.728. The SMILES string of the molecule is C[C@@](CCC(=O)O)(NC(=O)Oc1ccccc1)C(=O)O. The average molecular weight is 281 g/mol. The van der Waals surface area contributed by atoms with Gasteiger partial charge in [0, 0.05) is 6.42 Å². The van der Waals surface area contributed by atoms with Gasteiger partial charge < -0.3 is 20.3 Å². The number of amides is 1. The molecular weight excluding hydrogens is 266 g/mol. The summed E-state index contributed by atoms with van der Waals surface area (Å²) in [7, 11) is 0. The Morgan fingerprint density at radius 1 is 1.20 bits per heavy atom. The van der Waals surface area contributed by atoms with Gasteiger partial charge in [0.2, 0.25) is 0 Å². The van der Waals surface area contributed by atoms with Gasteiger partial charge in [-0.05, 0) is 25.5 Å². The maximum Gasteiger partial charge on any atom is 0.413 e. The second-order valence-corrected chi connectivity index (χ2v) is 4.36. The highest BCUT2D eigenvalue weighted by Gasteiger charge is 2.35. The molecule has 108 valence electrons. The Balaban J connectivity index is 2.68. The minimum Gasteiger partial charge on any atom is -0.481 e. The van der Waals surface area contributed by atoms with Crippen molar-refractivity contribution in [1.82, 2.24) is 5.32 Å². The van der Waals surface area contributed by atoms with Gasteiger partial charge in [0.25, 0.3) is 0 Å². The van der Waals surface area contributed by atoms with Crippen molar-refractivity contribution in [2.24, 2.45) is 0 Å². The van der Waals surface area contributed by atoms with Gasteiger partial charge in [-0.1, -0.05) is 18.2 Å². The zero-order chi connectivity index (χ0) is 15.2. The second-order valence-electron chi connectivity index (χ2n) is 4.36. The Kier molecular flexibility index (Phi) is 5.08. The van der Waals surface area contributed by atoms with Crippen LogP contribution in [0.15, 0.2) is 30.3 Å². The second kappa shape index (κ2) is 6.55. The van der Waals surface area contributed by atoms with Crippen LogP contribution in [-0.4, -0.2) is 33.8 Å². The van der Waals surface area contributed by atoms with E-state index in [9.17, 15) is 14.4 Å². The number of aliphatic carboxylic acids is 2. The lowest BCUT2D eigenvalue weighted by atomic mass is 9.96. The van der Waals surface area contributed by atoms with Gasteiger partial charge in [0.1, 0.15) is 11.3 Å². The molecule has 7 heteroatoms. The fourth-order valence-corrected chi connectivity index (χ4v) is 1.43. The molecule has 0 saturated carbocycles. The number of hydrogen-bond acceptors (Lipinski definition) is 4. The standard InChI is InChI=1S/C13H15NO6/c1-13(11(17)18,8-7-10(15)16)14-12(19)20-9-5-3-2-4-6-9/h2-6H,7-8H2,1H3,(H,14,19)(H,15,16)(H,17,18)/t13-/m0/s1. The Morgan fingerprint density at radius 2 is 1.80 bits per heavy atom. The molecule has 0 saturated heterocycles. The van der Waals surface area contributed by atoms with Crippen molar-refractivity contribution in [2.45, 2.75) is 25.3 Å². The minimum absolute atomic E-state index is 0.248. The molecular formula is C13H15NO6. The molecule has 0 aliphatic rings. The summed E-state index contributed by atoms with van der Waals surface area (Å²) in [6.45, 7) is 1.23. The number of ether oxygens (including phenoxy) is 1. The average Bonchev–Trinajstić information content (AvgIpc) is 2.37. The van der Waals surface area contributed by atoms with E-state index < -0.39 is 23.6 Å². The van der Waals surface area contributed by atoms with Crippen molar-refractivity contribution in [3.63, 3.8) is 0 Å². The summed E-state index contributed by atoms with van der Waals surface area (Å²) in [5, 5.41) is 19.9. The number of nitrogens with one attached hydrogen (secondary N) is 1. The summed E-state index contributed by atoms with van der Waals surface area (Å²) >= 11 is 0. The summed E-state index contributed by atoms with van der Waals surface area (Å²) in [6.07, 6.45) is -1.58. The lowest BCUT2D eigenvalue weighted by Gasteiger charge is -2.24. The normalized spacial score (nSPS) is 13.1. The van der Waals surface area contributed by atoms with Crippen LogP contribution in [-0.2, 0) is 9.59 Å². The molecule has 1 rings (SSSR count). The van der Waals surface area contributed by atoms with Crippen molar-refractivity contribution in [3.05, 3.63) is 30.3 Å². The van der Waals surface area contributed by atoms with E-state index >= 15 is 0 Å². The zero-order valence-electron chi connectivity index (χ0n) is 10.8. The molecule has 3 N–H and O–H groups in total. The van der Waals surface area contributed by atoms with E-state index in [1.807, 2.05) is 0 Å². The van der Waals surface area contributed by atoms with Crippen LogP contribution in [0, 0.1) is 0 Å². The van der Waals surface area contributed by atoms with Crippen LogP contribution in [0.1, 0.15) is 19.8 Å². The summed E-state index contributed by atoms with van der Waals surface area (Å²) in [4.78, 5) is 33.3. The first-order valence-corrected chi connectivity index (χ1v) is 5.84. The number of carbonyl (C=O) groups is 3. The monoisotopic (exact) mass is 281 g/mol. The first-order valence-electron chi connectivity index (χ1n) is 5.84. The third-order valence-electron chi connectivity index (χ3n) is 2.64. The number of carboxylic acids is 2. The number of carboxylic acid groups (broad SMARTS) is 2. The van der Waals surface area contributed by atoms with Crippen LogP contribution in [0.2, 0.25) is 0 Å². The predicted molar refractivity (Wildman–Crippen MR) is 68.5 cm³/mol. The van der Waals surface area contributed by atoms with Crippen LogP contribution in [0.3, 0.4) is 0 Å². The van der Waals surface area contributed by atoms with Gasteiger partial charge in [-0.25, -0.2) is 9.59 Å². The molecule has 7 nitrogen and oxygen atoms in total. The highest BCUT2D eigenvalue weighted by Crippen LogP contribution is 2.15. The fraction of sp³-hybridized carbons (Fsp3) is 0.308. The highest BCUT2D eigenvalue weighted by atomic mass is 16.6. The van der Waals surface area contributed by atoms with Crippen LogP contribution in [0.4, 0.5) is 4.79 Å². The number of carbonyl (C=O) groups excluding carboxylic acids is 1. The number of hydrogen-bond donors (Lipinski definition) is 3. The van der Waals surface area contributed by atoms with E-state index in [4.69, 9.17) is 14.9 Å². The molecule has 0 aliphatic heterocycles. The Hall–Kier alpha value is -2.57. The molecule has 0 bridgehead atoms.